The van der Waals surface area contributed by atoms with Gasteiger partial charge in [0.15, 0.2) is 5.82 Å². The molecule has 0 bridgehead atoms. The summed E-state index contributed by atoms with van der Waals surface area (Å²) in [5.74, 6) is 4.39. The lowest BCUT2D eigenvalue weighted by Gasteiger charge is -2.30. The predicted molar refractivity (Wildman–Crippen MR) is 122 cm³/mol. The van der Waals surface area contributed by atoms with E-state index in [4.69, 9.17) is 9.26 Å². The molecule has 1 aromatic heterocycles. The van der Waals surface area contributed by atoms with Gasteiger partial charge in [-0.2, -0.15) is 4.98 Å². The minimum atomic E-state index is -0.0262. The van der Waals surface area contributed by atoms with Gasteiger partial charge in [0.1, 0.15) is 5.75 Å². The van der Waals surface area contributed by atoms with E-state index in [9.17, 15) is 4.79 Å². The second kappa shape index (κ2) is 9.00. The number of amides is 2. The molecule has 3 aliphatic rings. The molecular formula is C24H33N5O3. The number of rotatable bonds is 8. The largest absolute Gasteiger partial charge is 0.494 e. The smallest absolute Gasteiger partial charge is 0.324 e. The van der Waals surface area contributed by atoms with E-state index in [0.29, 0.717) is 18.5 Å². The van der Waals surface area contributed by atoms with Crippen LogP contribution in [0.4, 0.5) is 16.5 Å². The molecule has 3 fully saturated rings. The third kappa shape index (κ3) is 4.54. The van der Waals surface area contributed by atoms with Gasteiger partial charge in [0.2, 0.25) is 0 Å². The Bertz CT molecular complexity index is 920. The first kappa shape index (κ1) is 21.1. The number of benzene rings is 1. The molecule has 1 aliphatic carbocycles. The molecule has 5 rings (SSSR count). The number of aromatic nitrogens is 2. The zero-order valence-electron chi connectivity index (χ0n) is 19.0. The van der Waals surface area contributed by atoms with Crippen molar-refractivity contribution in [3.05, 3.63) is 30.1 Å². The fraction of sp³-hybridized carbons (Fsp3) is 0.625. The molecule has 2 atom stereocenters. The van der Waals surface area contributed by atoms with Crippen LogP contribution in [0.15, 0.2) is 28.8 Å². The van der Waals surface area contributed by atoms with Gasteiger partial charge in [-0.15, -0.1) is 0 Å². The molecule has 0 spiro atoms. The first-order chi connectivity index (χ1) is 15.6. The van der Waals surface area contributed by atoms with Crippen LogP contribution in [-0.2, 0) is 0 Å². The monoisotopic (exact) mass is 439 g/mol. The molecule has 1 saturated carbocycles. The number of nitrogens with zero attached hydrogens (tertiary/aromatic N) is 4. The van der Waals surface area contributed by atoms with Crippen molar-refractivity contribution in [2.75, 3.05) is 42.6 Å². The third-order valence-electron chi connectivity index (χ3n) is 7.10. The van der Waals surface area contributed by atoms with Crippen molar-refractivity contribution in [1.82, 2.24) is 15.5 Å². The number of carbonyl (C=O) groups excluding carboxylic acids is 1. The van der Waals surface area contributed by atoms with Gasteiger partial charge >= 0.3 is 12.0 Å². The third-order valence-corrected chi connectivity index (χ3v) is 7.10. The average Bonchev–Trinajstić information content (AvgIpc) is 3.19. The Hall–Kier alpha value is -2.77. The summed E-state index contributed by atoms with van der Waals surface area (Å²) in [6.45, 7) is 8.35. The van der Waals surface area contributed by atoms with Crippen molar-refractivity contribution in [1.29, 1.82) is 0 Å². The minimum Gasteiger partial charge on any atom is -0.494 e. The zero-order valence-corrected chi connectivity index (χ0v) is 19.0. The summed E-state index contributed by atoms with van der Waals surface area (Å²) in [6, 6.07) is 8.50. The van der Waals surface area contributed by atoms with Gasteiger partial charge in [-0.25, -0.2) is 4.79 Å². The number of piperidine rings is 1. The van der Waals surface area contributed by atoms with E-state index in [1.54, 1.807) is 4.90 Å². The van der Waals surface area contributed by atoms with Gasteiger partial charge in [0, 0.05) is 37.8 Å². The summed E-state index contributed by atoms with van der Waals surface area (Å²) in [7, 11) is 0. The molecule has 3 heterocycles. The topological polar surface area (TPSA) is 83.7 Å². The number of anilines is 2. The van der Waals surface area contributed by atoms with Crippen LogP contribution in [0.3, 0.4) is 0 Å². The summed E-state index contributed by atoms with van der Waals surface area (Å²) < 4.78 is 11.4. The van der Waals surface area contributed by atoms with Crippen LogP contribution >= 0.6 is 0 Å². The summed E-state index contributed by atoms with van der Waals surface area (Å²) in [6.07, 6.45) is 4.84. The van der Waals surface area contributed by atoms with Crippen LogP contribution in [0.25, 0.3) is 0 Å². The van der Waals surface area contributed by atoms with Gasteiger partial charge in [-0.3, -0.25) is 4.90 Å². The summed E-state index contributed by atoms with van der Waals surface area (Å²) in [5, 5.41) is 6.92. The van der Waals surface area contributed by atoms with Crippen LogP contribution in [0.5, 0.6) is 5.75 Å². The SMILES string of the molecule is CC(C)c1noc(N2CCC([C@H]3C[C@H]3CCOc3ccc(N4CCNC4=O)cc3)CC2)n1. The van der Waals surface area contributed by atoms with E-state index in [1.807, 2.05) is 24.3 Å². The number of nitrogens with one attached hydrogen (secondary N) is 1. The molecule has 8 nitrogen and oxygen atoms in total. The van der Waals surface area contributed by atoms with Crippen molar-refractivity contribution >= 4 is 17.7 Å². The quantitative estimate of drug-likeness (QED) is 0.668. The molecule has 8 heteroatoms. The van der Waals surface area contributed by atoms with Crippen molar-refractivity contribution in [3.8, 4) is 5.75 Å². The molecule has 2 saturated heterocycles. The molecule has 0 unspecified atom stereocenters. The van der Waals surface area contributed by atoms with E-state index < -0.39 is 0 Å². The highest BCUT2D eigenvalue weighted by atomic mass is 16.5. The molecule has 2 amide bonds. The van der Waals surface area contributed by atoms with Crippen molar-refractivity contribution in [3.63, 3.8) is 0 Å². The van der Waals surface area contributed by atoms with Crippen LogP contribution in [0.1, 0.15) is 51.3 Å². The number of urea groups is 1. The second-order valence-corrected chi connectivity index (χ2v) is 9.59. The highest BCUT2D eigenvalue weighted by Gasteiger charge is 2.43. The lowest BCUT2D eigenvalue weighted by atomic mass is 9.90. The number of hydrogen-bond donors (Lipinski definition) is 1. The predicted octanol–water partition coefficient (Wildman–Crippen LogP) is 4.04. The Morgan fingerprint density at radius 1 is 1.19 bits per heavy atom. The van der Waals surface area contributed by atoms with Crippen LogP contribution in [-0.4, -0.2) is 49.0 Å². The van der Waals surface area contributed by atoms with Gasteiger partial charge in [-0.1, -0.05) is 19.0 Å². The van der Waals surface area contributed by atoms with Crippen molar-refractivity contribution in [2.24, 2.45) is 17.8 Å². The maximum Gasteiger partial charge on any atom is 0.324 e. The van der Waals surface area contributed by atoms with E-state index in [-0.39, 0.29) is 6.03 Å². The minimum absolute atomic E-state index is 0.0262. The normalized spacial score (nSPS) is 23.7. The summed E-state index contributed by atoms with van der Waals surface area (Å²) >= 11 is 0. The molecule has 2 aromatic rings. The number of ether oxygens (including phenoxy) is 1. The Kier molecular flexibility index (Phi) is 5.93. The highest BCUT2D eigenvalue weighted by molar-refractivity contribution is 5.94. The lowest BCUT2D eigenvalue weighted by Crippen LogP contribution is -2.34. The maximum atomic E-state index is 11.8. The number of hydrogen-bond acceptors (Lipinski definition) is 6. The molecule has 1 N–H and O–H groups in total. The van der Waals surface area contributed by atoms with E-state index in [0.717, 1.165) is 67.7 Å². The van der Waals surface area contributed by atoms with Gasteiger partial charge < -0.3 is 19.5 Å². The van der Waals surface area contributed by atoms with E-state index in [2.05, 4.69) is 34.2 Å². The Morgan fingerprint density at radius 2 is 1.97 bits per heavy atom. The van der Waals surface area contributed by atoms with Gasteiger partial charge in [0.25, 0.3) is 0 Å². The summed E-state index contributed by atoms with van der Waals surface area (Å²) in [5.41, 5.74) is 0.918. The standard InChI is InChI=1S/C24H33N5O3/c1-16(2)22-26-24(32-27-22)28-11-7-17(8-12-28)21-15-18(21)9-14-31-20-5-3-19(4-6-20)29-13-10-25-23(29)30/h3-6,16-18,21H,7-15H2,1-2H3,(H,25,30)/t18-,21-/m1/s1. The second-order valence-electron chi connectivity index (χ2n) is 9.59. The summed E-state index contributed by atoms with van der Waals surface area (Å²) in [4.78, 5) is 20.3. The van der Waals surface area contributed by atoms with E-state index >= 15 is 0 Å². The number of carbonyl (C=O) groups is 1. The molecule has 32 heavy (non-hydrogen) atoms. The van der Waals surface area contributed by atoms with Crippen molar-refractivity contribution in [2.45, 2.75) is 45.4 Å². The first-order valence-corrected chi connectivity index (χ1v) is 12.0. The fourth-order valence-corrected chi connectivity index (χ4v) is 5.06. The van der Waals surface area contributed by atoms with E-state index in [1.165, 1.54) is 19.3 Å². The molecular weight excluding hydrogens is 406 g/mol. The molecule has 1 aromatic carbocycles. The fourth-order valence-electron chi connectivity index (χ4n) is 5.06. The average molecular weight is 440 g/mol. The van der Waals surface area contributed by atoms with Gasteiger partial charge in [-0.05, 0) is 67.7 Å². The van der Waals surface area contributed by atoms with Crippen LogP contribution < -0.4 is 19.9 Å². The lowest BCUT2D eigenvalue weighted by molar-refractivity contribution is 0.252. The Balaban J connectivity index is 1.02. The maximum absolute atomic E-state index is 11.8. The van der Waals surface area contributed by atoms with Crippen LogP contribution in [0, 0.1) is 17.8 Å². The van der Waals surface area contributed by atoms with Crippen LogP contribution in [0.2, 0.25) is 0 Å². The molecule has 0 radical (unpaired) electrons. The zero-order chi connectivity index (χ0) is 22.1. The van der Waals surface area contributed by atoms with Crippen molar-refractivity contribution < 1.29 is 14.1 Å². The Labute approximate surface area is 189 Å². The Morgan fingerprint density at radius 3 is 2.62 bits per heavy atom. The van der Waals surface area contributed by atoms with Gasteiger partial charge in [0.05, 0.1) is 6.61 Å². The molecule has 2 aliphatic heterocycles. The molecule has 172 valence electrons. The highest BCUT2D eigenvalue weighted by Crippen LogP contribution is 2.50. The first-order valence-electron chi connectivity index (χ1n) is 12.0.